The van der Waals surface area contributed by atoms with E-state index in [1.54, 1.807) is 0 Å². The van der Waals surface area contributed by atoms with E-state index in [0.717, 1.165) is 0 Å². The van der Waals surface area contributed by atoms with Crippen LogP contribution in [0.1, 0.15) is 6.92 Å². The van der Waals surface area contributed by atoms with Gasteiger partial charge in [-0.05, 0) is 24.3 Å². The molecule has 25 heavy (non-hydrogen) atoms. The van der Waals surface area contributed by atoms with Gasteiger partial charge in [-0.3, -0.25) is 9.59 Å². The van der Waals surface area contributed by atoms with Gasteiger partial charge in [0, 0.05) is 24.4 Å². The van der Waals surface area contributed by atoms with Crippen LogP contribution >= 0.6 is 0 Å². The van der Waals surface area contributed by atoms with Crippen LogP contribution in [-0.4, -0.2) is 18.4 Å². The number of ether oxygens (including phenoxy) is 1. The summed E-state index contributed by atoms with van der Waals surface area (Å²) >= 11 is 0. The topological polar surface area (TPSA) is 67.4 Å². The normalized spacial score (nSPS) is 10.3. The second-order valence-corrected chi connectivity index (χ2v) is 4.89. The Morgan fingerprint density at radius 1 is 0.920 bits per heavy atom. The molecule has 2 rings (SSSR count). The van der Waals surface area contributed by atoms with Gasteiger partial charge in [-0.2, -0.15) is 8.78 Å². The molecular formula is C16H12F4N2O3. The van der Waals surface area contributed by atoms with E-state index >= 15 is 0 Å². The monoisotopic (exact) mass is 356 g/mol. The third-order valence-electron chi connectivity index (χ3n) is 2.91. The molecule has 9 heteroatoms. The third kappa shape index (κ3) is 4.69. The molecule has 0 aliphatic rings. The highest BCUT2D eigenvalue weighted by molar-refractivity contribution is 5.93. The number of rotatable bonds is 5. The Morgan fingerprint density at radius 3 is 1.88 bits per heavy atom. The lowest BCUT2D eigenvalue weighted by atomic mass is 10.2. The Hall–Kier alpha value is -3.10. The van der Waals surface area contributed by atoms with Crippen molar-refractivity contribution >= 4 is 23.2 Å². The molecular weight excluding hydrogens is 344 g/mol. The number of carbonyl (C=O) groups excluding carboxylic acids is 2. The summed E-state index contributed by atoms with van der Waals surface area (Å²) in [5.41, 5.74) is 0.815. The van der Waals surface area contributed by atoms with Crippen molar-refractivity contribution in [2.75, 3.05) is 17.2 Å². The molecule has 132 valence electrons. The molecule has 0 aromatic heterocycles. The highest BCUT2D eigenvalue weighted by atomic mass is 19.2. The first-order valence-corrected chi connectivity index (χ1v) is 6.91. The molecule has 2 aromatic rings. The lowest BCUT2D eigenvalue weighted by molar-refractivity contribution is -0.118. The summed E-state index contributed by atoms with van der Waals surface area (Å²) in [5, 5.41) is 4.88. The van der Waals surface area contributed by atoms with Gasteiger partial charge in [-0.25, -0.2) is 8.78 Å². The molecule has 0 unspecified atom stereocenters. The maximum Gasteiger partial charge on any atom is 0.262 e. The molecule has 2 amide bonds. The Balaban J connectivity index is 1.99. The van der Waals surface area contributed by atoms with Gasteiger partial charge in [-0.15, -0.1) is 0 Å². The SMILES string of the molecule is CC(=O)Nc1ccc(NC(=O)COc2c(F)c(F)cc(F)c2F)cc1. The molecule has 5 nitrogen and oxygen atoms in total. The van der Waals surface area contributed by atoms with E-state index in [0.29, 0.717) is 11.4 Å². The fraction of sp³-hybridized carbons (Fsp3) is 0.125. The maximum absolute atomic E-state index is 13.4. The Kier molecular flexibility index (Phi) is 5.58. The Morgan fingerprint density at radius 2 is 1.40 bits per heavy atom. The molecule has 0 saturated carbocycles. The smallest absolute Gasteiger partial charge is 0.262 e. The van der Waals surface area contributed by atoms with Gasteiger partial charge < -0.3 is 15.4 Å². The number of amides is 2. The zero-order valence-electron chi connectivity index (χ0n) is 12.8. The van der Waals surface area contributed by atoms with Crippen molar-refractivity contribution in [1.29, 1.82) is 0 Å². The second-order valence-electron chi connectivity index (χ2n) is 4.89. The lowest BCUT2D eigenvalue weighted by Gasteiger charge is -2.10. The number of carbonyl (C=O) groups is 2. The highest BCUT2D eigenvalue weighted by Gasteiger charge is 2.21. The first-order chi connectivity index (χ1) is 11.8. The third-order valence-corrected chi connectivity index (χ3v) is 2.91. The zero-order valence-corrected chi connectivity index (χ0v) is 12.8. The Labute approximate surface area is 139 Å². The van der Waals surface area contributed by atoms with Crippen molar-refractivity contribution in [3.05, 3.63) is 53.6 Å². The summed E-state index contributed by atoms with van der Waals surface area (Å²) in [6, 6.07) is 5.99. The predicted octanol–water partition coefficient (Wildman–Crippen LogP) is 3.22. The molecule has 0 spiro atoms. The van der Waals surface area contributed by atoms with Gasteiger partial charge >= 0.3 is 0 Å². The van der Waals surface area contributed by atoms with Crippen molar-refractivity contribution in [3.8, 4) is 5.75 Å². The first kappa shape index (κ1) is 18.2. The highest BCUT2D eigenvalue weighted by Crippen LogP contribution is 2.26. The summed E-state index contributed by atoms with van der Waals surface area (Å²) in [6.07, 6.45) is 0. The van der Waals surface area contributed by atoms with E-state index < -0.39 is 41.5 Å². The van der Waals surface area contributed by atoms with Gasteiger partial charge in [0.1, 0.15) is 0 Å². The number of anilines is 2. The molecule has 0 fully saturated rings. The van der Waals surface area contributed by atoms with Crippen molar-refractivity contribution in [2.45, 2.75) is 6.92 Å². The molecule has 0 radical (unpaired) electrons. The van der Waals surface area contributed by atoms with E-state index in [4.69, 9.17) is 0 Å². The second kappa shape index (κ2) is 7.65. The average molecular weight is 356 g/mol. The van der Waals surface area contributed by atoms with Crippen molar-refractivity contribution in [1.82, 2.24) is 0 Å². The minimum absolute atomic E-state index is 0.0359. The predicted molar refractivity (Wildman–Crippen MR) is 81.1 cm³/mol. The molecule has 0 atom stereocenters. The summed E-state index contributed by atoms with van der Waals surface area (Å²) in [7, 11) is 0. The summed E-state index contributed by atoms with van der Waals surface area (Å²) < 4.78 is 57.4. The number of nitrogens with one attached hydrogen (secondary N) is 2. The van der Waals surface area contributed by atoms with Crippen LogP contribution in [0, 0.1) is 23.3 Å². The van der Waals surface area contributed by atoms with Crippen molar-refractivity contribution in [2.24, 2.45) is 0 Å². The van der Waals surface area contributed by atoms with Gasteiger partial charge in [0.2, 0.25) is 17.5 Å². The first-order valence-electron chi connectivity index (χ1n) is 6.91. The molecule has 0 heterocycles. The summed E-state index contributed by atoms with van der Waals surface area (Å²) in [6.45, 7) is 0.463. The van der Waals surface area contributed by atoms with E-state index in [1.165, 1.54) is 31.2 Å². The number of benzene rings is 2. The molecule has 0 aliphatic carbocycles. The quantitative estimate of drug-likeness (QED) is 0.639. The van der Waals surface area contributed by atoms with Crippen LogP contribution in [0.4, 0.5) is 28.9 Å². The molecule has 2 aromatic carbocycles. The van der Waals surface area contributed by atoms with Crippen LogP contribution in [0.15, 0.2) is 30.3 Å². The van der Waals surface area contributed by atoms with Gasteiger partial charge in [-0.1, -0.05) is 0 Å². The van der Waals surface area contributed by atoms with E-state index in [1.807, 2.05) is 0 Å². The lowest BCUT2D eigenvalue weighted by Crippen LogP contribution is -2.21. The molecule has 2 N–H and O–H groups in total. The van der Waals surface area contributed by atoms with Crippen molar-refractivity contribution in [3.63, 3.8) is 0 Å². The van der Waals surface area contributed by atoms with Gasteiger partial charge in [0.15, 0.2) is 24.0 Å². The standard InChI is InChI=1S/C16H12F4N2O3/c1-8(23)21-9-2-4-10(5-3-9)22-13(24)7-25-16-14(19)11(17)6-12(18)15(16)20/h2-6H,7H2,1H3,(H,21,23)(H,22,24). The fourth-order valence-electron chi connectivity index (χ4n) is 1.85. The van der Waals surface area contributed by atoms with Crippen LogP contribution in [0.2, 0.25) is 0 Å². The van der Waals surface area contributed by atoms with Crippen molar-refractivity contribution < 1.29 is 31.9 Å². The molecule has 0 saturated heterocycles. The largest absolute Gasteiger partial charge is 0.477 e. The zero-order chi connectivity index (χ0) is 18.6. The number of hydrogen-bond donors (Lipinski definition) is 2. The number of hydrogen-bond acceptors (Lipinski definition) is 3. The average Bonchev–Trinajstić information content (AvgIpc) is 2.54. The fourth-order valence-corrected chi connectivity index (χ4v) is 1.85. The van der Waals surface area contributed by atoms with Crippen LogP contribution < -0.4 is 15.4 Å². The molecule has 0 bridgehead atoms. The van der Waals surface area contributed by atoms with Crippen LogP contribution in [0.25, 0.3) is 0 Å². The van der Waals surface area contributed by atoms with Crippen LogP contribution in [-0.2, 0) is 9.59 Å². The van der Waals surface area contributed by atoms with Crippen LogP contribution in [0.3, 0.4) is 0 Å². The summed E-state index contributed by atoms with van der Waals surface area (Å²) in [4.78, 5) is 22.6. The Bertz CT molecular complexity index is 784. The van der Waals surface area contributed by atoms with E-state index in [-0.39, 0.29) is 12.0 Å². The van der Waals surface area contributed by atoms with Gasteiger partial charge in [0.05, 0.1) is 0 Å². The minimum atomic E-state index is -1.73. The summed E-state index contributed by atoms with van der Waals surface area (Å²) in [5.74, 6) is -9.12. The van der Waals surface area contributed by atoms with E-state index in [2.05, 4.69) is 15.4 Å². The van der Waals surface area contributed by atoms with E-state index in [9.17, 15) is 27.2 Å². The minimum Gasteiger partial charge on any atom is -0.477 e. The number of halogens is 4. The van der Waals surface area contributed by atoms with Gasteiger partial charge in [0.25, 0.3) is 5.91 Å². The molecule has 0 aliphatic heterocycles. The maximum atomic E-state index is 13.4. The van der Waals surface area contributed by atoms with Crippen LogP contribution in [0.5, 0.6) is 5.75 Å².